The molecule has 0 aromatic heterocycles. The summed E-state index contributed by atoms with van der Waals surface area (Å²) < 4.78 is 15.0. The van der Waals surface area contributed by atoms with E-state index in [9.17, 15) is 9.59 Å². The van der Waals surface area contributed by atoms with Crippen molar-refractivity contribution in [2.24, 2.45) is 0 Å². The van der Waals surface area contributed by atoms with Gasteiger partial charge < -0.3 is 14.2 Å². The van der Waals surface area contributed by atoms with Crippen molar-refractivity contribution in [1.29, 1.82) is 0 Å². The fourth-order valence-electron chi connectivity index (χ4n) is 1.51. The van der Waals surface area contributed by atoms with Crippen LogP contribution in [0.15, 0.2) is 18.2 Å². The summed E-state index contributed by atoms with van der Waals surface area (Å²) in [6.07, 6.45) is 3.45. The molecule has 0 radical (unpaired) electrons. The summed E-state index contributed by atoms with van der Waals surface area (Å²) >= 11 is 0. The van der Waals surface area contributed by atoms with Gasteiger partial charge in [-0.3, -0.25) is 4.79 Å². The molecule has 0 fully saturated rings. The molecule has 0 spiro atoms. The molecular weight excluding hydrogens is 248 g/mol. The summed E-state index contributed by atoms with van der Waals surface area (Å²) in [6.45, 7) is 2.02. The zero-order valence-corrected chi connectivity index (χ0v) is 11.1. The number of methoxy groups -OCH3 is 2. The fraction of sp³-hybridized carbons (Fsp3) is 0.286. The topological polar surface area (TPSA) is 61.8 Å². The molecule has 0 N–H and O–H groups in total. The Bertz CT molecular complexity index is 491. The van der Waals surface area contributed by atoms with Gasteiger partial charge in [-0.25, -0.2) is 4.79 Å². The van der Waals surface area contributed by atoms with E-state index in [4.69, 9.17) is 14.2 Å². The Morgan fingerprint density at radius 3 is 2.21 bits per heavy atom. The molecule has 0 aliphatic heterocycles. The lowest BCUT2D eigenvalue weighted by Crippen LogP contribution is -1.99. The lowest BCUT2D eigenvalue weighted by Gasteiger charge is -2.10. The van der Waals surface area contributed by atoms with Crippen molar-refractivity contribution in [2.45, 2.75) is 6.92 Å². The standard InChI is InChI=1S/C14H16O5/c1-4-19-14(16)6-5-10-7-12(17-2)13(18-3)8-11(10)9-15/h5-9H,4H2,1-3H3. The maximum Gasteiger partial charge on any atom is 0.330 e. The Morgan fingerprint density at radius 2 is 1.74 bits per heavy atom. The second kappa shape index (κ2) is 7.20. The van der Waals surface area contributed by atoms with E-state index < -0.39 is 5.97 Å². The molecule has 0 aliphatic carbocycles. The molecule has 1 aromatic carbocycles. The number of rotatable bonds is 6. The number of carbonyl (C=O) groups is 2. The van der Waals surface area contributed by atoms with Crippen molar-refractivity contribution in [3.05, 3.63) is 29.3 Å². The predicted octanol–water partition coefficient (Wildman–Crippen LogP) is 2.09. The van der Waals surface area contributed by atoms with Crippen LogP contribution >= 0.6 is 0 Å². The molecule has 0 amide bonds. The van der Waals surface area contributed by atoms with Gasteiger partial charge in [-0.2, -0.15) is 0 Å². The van der Waals surface area contributed by atoms with E-state index in [2.05, 4.69) is 0 Å². The van der Waals surface area contributed by atoms with E-state index in [1.807, 2.05) is 0 Å². The summed E-state index contributed by atoms with van der Waals surface area (Å²) in [5.41, 5.74) is 0.957. The number of esters is 1. The van der Waals surface area contributed by atoms with Crippen LogP contribution in [0.5, 0.6) is 11.5 Å². The van der Waals surface area contributed by atoms with Crippen molar-refractivity contribution in [3.63, 3.8) is 0 Å². The van der Waals surface area contributed by atoms with Gasteiger partial charge >= 0.3 is 5.97 Å². The highest BCUT2D eigenvalue weighted by molar-refractivity contribution is 5.90. The van der Waals surface area contributed by atoms with Crippen LogP contribution in [0.25, 0.3) is 6.08 Å². The van der Waals surface area contributed by atoms with Crippen LogP contribution in [0.3, 0.4) is 0 Å². The highest BCUT2D eigenvalue weighted by Gasteiger charge is 2.09. The summed E-state index contributed by atoms with van der Waals surface area (Å²) in [5.74, 6) is 0.476. The molecule has 5 heteroatoms. The van der Waals surface area contributed by atoms with E-state index >= 15 is 0 Å². The summed E-state index contributed by atoms with van der Waals surface area (Å²) in [7, 11) is 2.98. The molecule has 1 rings (SSSR count). The molecule has 5 nitrogen and oxygen atoms in total. The summed E-state index contributed by atoms with van der Waals surface area (Å²) in [6, 6.07) is 3.18. The smallest absolute Gasteiger partial charge is 0.330 e. The average molecular weight is 264 g/mol. The van der Waals surface area contributed by atoms with E-state index in [1.54, 1.807) is 19.1 Å². The van der Waals surface area contributed by atoms with Crippen LogP contribution < -0.4 is 9.47 Å². The van der Waals surface area contributed by atoms with E-state index in [1.165, 1.54) is 26.4 Å². The molecule has 0 saturated heterocycles. The molecule has 0 aliphatic rings. The first-order valence-corrected chi connectivity index (χ1v) is 5.72. The highest BCUT2D eigenvalue weighted by Crippen LogP contribution is 2.30. The monoisotopic (exact) mass is 264 g/mol. The molecule has 0 bridgehead atoms. The van der Waals surface area contributed by atoms with Crippen molar-refractivity contribution >= 4 is 18.3 Å². The number of carbonyl (C=O) groups excluding carboxylic acids is 2. The Kier molecular flexibility index (Phi) is 5.60. The first-order valence-electron chi connectivity index (χ1n) is 5.72. The lowest BCUT2D eigenvalue weighted by molar-refractivity contribution is -0.137. The first kappa shape index (κ1) is 14.8. The van der Waals surface area contributed by atoms with Gasteiger partial charge in [-0.15, -0.1) is 0 Å². The number of benzene rings is 1. The number of ether oxygens (including phenoxy) is 3. The zero-order chi connectivity index (χ0) is 14.3. The SMILES string of the molecule is CCOC(=O)C=Cc1cc(OC)c(OC)cc1C=O. The Labute approximate surface area is 111 Å². The van der Waals surface area contributed by atoms with Gasteiger partial charge in [0.25, 0.3) is 0 Å². The van der Waals surface area contributed by atoms with E-state index in [-0.39, 0.29) is 0 Å². The van der Waals surface area contributed by atoms with Crippen molar-refractivity contribution < 1.29 is 23.8 Å². The van der Waals surface area contributed by atoms with Crippen molar-refractivity contribution in [1.82, 2.24) is 0 Å². The minimum atomic E-state index is -0.464. The minimum Gasteiger partial charge on any atom is -0.493 e. The van der Waals surface area contributed by atoms with Crippen molar-refractivity contribution in [2.75, 3.05) is 20.8 Å². The van der Waals surface area contributed by atoms with Crippen LogP contribution in [0.4, 0.5) is 0 Å². The maximum atomic E-state index is 11.2. The van der Waals surface area contributed by atoms with Crippen LogP contribution in [0.1, 0.15) is 22.8 Å². The van der Waals surface area contributed by atoms with Gasteiger partial charge in [-0.05, 0) is 30.7 Å². The Balaban J connectivity index is 3.12. The quantitative estimate of drug-likeness (QED) is 0.447. The molecule has 0 saturated carbocycles. The third-order valence-corrected chi connectivity index (χ3v) is 2.40. The van der Waals surface area contributed by atoms with Gasteiger partial charge in [0.15, 0.2) is 17.8 Å². The third kappa shape index (κ3) is 3.84. The average Bonchev–Trinajstić information content (AvgIpc) is 2.44. The van der Waals surface area contributed by atoms with E-state index in [0.717, 1.165) is 0 Å². The number of aldehydes is 1. The largest absolute Gasteiger partial charge is 0.493 e. The number of hydrogen-bond acceptors (Lipinski definition) is 5. The van der Waals surface area contributed by atoms with Crippen LogP contribution in [-0.2, 0) is 9.53 Å². The van der Waals surface area contributed by atoms with Gasteiger partial charge in [0.1, 0.15) is 0 Å². The van der Waals surface area contributed by atoms with Crippen LogP contribution in [0, 0.1) is 0 Å². The molecule has 0 unspecified atom stereocenters. The van der Waals surface area contributed by atoms with Gasteiger partial charge in [0.2, 0.25) is 0 Å². The predicted molar refractivity (Wildman–Crippen MR) is 70.6 cm³/mol. The first-order chi connectivity index (χ1) is 9.15. The second-order valence-electron chi connectivity index (χ2n) is 3.54. The van der Waals surface area contributed by atoms with Crippen molar-refractivity contribution in [3.8, 4) is 11.5 Å². The van der Waals surface area contributed by atoms with Gasteiger partial charge in [0.05, 0.1) is 20.8 Å². The Morgan fingerprint density at radius 1 is 1.16 bits per heavy atom. The van der Waals surface area contributed by atoms with E-state index in [0.29, 0.717) is 35.5 Å². The highest BCUT2D eigenvalue weighted by atomic mass is 16.5. The third-order valence-electron chi connectivity index (χ3n) is 2.40. The fourth-order valence-corrected chi connectivity index (χ4v) is 1.51. The molecule has 0 atom stereocenters. The van der Waals surface area contributed by atoms with Gasteiger partial charge in [-0.1, -0.05) is 0 Å². The summed E-state index contributed by atoms with van der Waals surface area (Å²) in [5, 5.41) is 0. The molecular formula is C14H16O5. The minimum absolute atomic E-state index is 0.301. The molecule has 1 aromatic rings. The van der Waals surface area contributed by atoms with Crippen LogP contribution in [0.2, 0.25) is 0 Å². The van der Waals surface area contributed by atoms with Gasteiger partial charge in [0, 0.05) is 11.6 Å². The zero-order valence-electron chi connectivity index (χ0n) is 11.1. The molecule has 19 heavy (non-hydrogen) atoms. The second-order valence-corrected chi connectivity index (χ2v) is 3.54. The van der Waals surface area contributed by atoms with Crippen LogP contribution in [-0.4, -0.2) is 33.1 Å². The normalized spacial score (nSPS) is 10.3. The molecule has 0 heterocycles. The maximum absolute atomic E-state index is 11.2. The Hall–Kier alpha value is -2.30. The summed E-state index contributed by atoms with van der Waals surface area (Å²) in [4.78, 5) is 22.3. The molecule has 102 valence electrons. The number of hydrogen-bond donors (Lipinski definition) is 0. The lowest BCUT2D eigenvalue weighted by atomic mass is 10.1.